The van der Waals surface area contributed by atoms with E-state index in [1.54, 1.807) is 12.1 Å². The van der Waals surface area contributed by atoms with E-state index in [4.69, 9.17) is 16.3 Å². The quantitative estimate of drug-likeness (QED) is 0.683. The molecule has 1 heterocycles. The molecular weight excluding hydrogens is 356 g/mol. The molecule has 3 aromatic rings. The number of esters is 1. The third kappa shape index (κ3) is 2.66. The third-order valence-corrected chi connectivity index (χ3v) is 3.84. The van der Waals surface area contributed by atoms with Crippen molar-refractivity contribution in [3.05, 3.63) is 51.5 Å². The number of benzene rings is 2. The highest BCUT2D eigenvalue weighted by Gasteiger charge is 2.13. The number of aromatic nitrogens is 2. The average Bonchev–Trinajstić information content (AvgIpc) is 2.91. The van der Waals surface area contributed by atoms with Crippen LogP contribution in [0.25, 0.3) is 22.4 Å². The van der Waals surface area contributed by atoms with Gasteiger partial charge in [0.2, 0.25) is 0 Å². The van der Waals surface area contributed by atoms with E-state index in [0.29, 0.717) is 27.4 Å². The molecule has 0 unspecified atom stereocenters. The first-order valence-electron chi connectivity index (χ1n) is 6.12. The summed E-state index contributed by atoms with van der Waals surface area (Å²) in [4.78, 5) is 19.3. The van der Waals surface area contributed by atoms with Gasteiger partial charge >= 0.3 is 5.97 Å². The molecule has 0 aliphatic rings. The number of imidazole rings is 1. The SMILES string of the molecule is COC(=O)c1cc(Cl)c2nc(-c3cccc(Br)c3)[nH]c2c1. The van der Waals surface area contributed by atoms with E-state index in [-0.39, 0.29) is 0 Å². The lowest BCUT2D eigenvalue weighted by atomic mass is 10.2. The molecule has 2 aromatic carbocycles. The molecule has 6 heteroatoms. The molecule has 4 nitrogen and oxygen atoms in total. The Balaban J connectivity index is 2.16. The highest BCUT2D eigenvalue weighted by molar-refractivity contribution is 9.10. The van der Waals surface area contributed by atoms with Crippen LogP contribution < -0.4 is 0 Å². The molecule has 0 saturated heterocycles. The Kier molecular flexibility index (Phi) is 3.69. The lowest BCUT2D eigenvalue weighted by molar-refractivity contribution is 0.0601. The van der Waals surface area contributed by atoms with Crippen molar-refractivity contribution in [3.63, 3.8) is 0 Å². The minimum atomic E-state index is -0.433. The van der Waals surface area contributed by atoms with E-state index >= 15 is 0 Å². The van der Waals surface area contributed by atoms with Gasteiger partial charge in [-0.3, -0.25) is 0 Å². The molecule has 0 bridgehead atoms. The van der Waals surface area contributed by atoms with Gasteiger partial charge in [-0.15, -0.1) is 0 Å². The van der Waals surface area contributed by atoms with Crippen molar-refractivity contribution < 1.29 is 9.53 Å². The van der Waals surface area contributed by atoms with Gasteiger partial charge in [-0.05, 0) is 24.3 Å². The van der Waals surface area contributed by atoms with Gasteiger partial charge in [0, 0.05) is 10.0 Å². The van der Waals surface area contributed by atoms with Crippen LogP contribution in [0.4, 0.5) is 0 Å². The molecule has 0 amide bonds. The predicted molar refractivity (Wildman–Crippen MR) is 85.6 cm³/mol. The average molecular weight is 366 g/mol. The number of ether oxygens (including phenoxy) is 1. The molecule has 0 fully saturated rings. The molecule has 21 heavy (non-hydrogen) atoms. The number of nitrogens with zero attached hydrogens (tertiary/aromatic N) is 1. The van der Waals surface area contributed by atoms with E-state index < -0.39 is 5.97 Å². The van der Waals surface area contributed by atoms with Crippen LogP contribution in [0.15, 0.2) is 40.9 Å². The Hall–Kier alpha value is -1.85. The zero-order chi connectivity index (χ0) is 15.0. The number of hydrogen-bond donors (Lipinski definition) is 1. The smallest absolute Gasteiger partial charge is 0.337 e. The topological polar surface area (TPSA) is 55.0 Å². The van der Waals surface area contributed by atoms with E-state index in [2.05, 4.69) is 25.9 Å². The summed E-state index contributed by atoms with van der Waals surface area (Å²) in [7, 11) is 1.33. The number of hydrogen-bond acceptors (Lipinski definition) is 3. The van der Waals surface area contributed by atoms with E-state index in [0.717, 1.165) is 10.0 Å². The summed E-state index contributed by atoms with van der Waals surface area (Å²) >= 11 is 9.62. The van der Waals surface area contributed by atoms with Gasteiger partial charge in [0.1, 0.15) is 11.3 Å². The van der Waals surface area contributed by atoms with Crippen LogP contribution in [0.2, 0.25) is 5.02 Å². The number of fused-ring (bicyclic) bond motifs is 1. The van der Waals surface area contributed by atoms with Crippen molar-refractivity contribution >= 4 is 44.5 Å². The standard InChI is InChI=1S/C15H10BrClN2O2/c1-21-15(20)9-6-11(17)13-12(7-9)18-14(19-13)8-3-2-4-10(16)5-8/h2-7H,1H3,(H,18,19). The lowest BCUT2D eigenvalue weighted by Gasteiger charge is -1.99. The van der Waals surface area contributed by atoms with Gasteiger partial charge in [0.15, 0.2) is 0 Å². The number of carbonyl (C=O) groups is 1. The number of carbonyl (C=O) groups excluding carboxylic acids is 1. The zero-order valence-electron chi connectivity index (χ0n) is 11.0. The Bertz CT molecular complexity index is 845. The van der Waals surface area contributed by atoms with Crippen molar-refractivity contribution in [1.82, 2.24) is 9.97 Å². The first-order valence-corrected chi connectivity index (χ1v) is 7.29. The van der Waals surface area contributed by atoms with E-state index in [9.17, 15) is 4.79 Å². The lowest BCUT2D eigenvalue weighted by Crippen LogP contribution is -2.00. The Labute approximate surface area is 134 Å². The van der Waals surface area contributed by atoms with E-state index in [1.807, 2.05) is 24.3 Å². The summed E-state index contributed by atoms with van der Waals surface area (Å²) in [5.74, 6) is 0.257. The van der Waals surface area contributed by atoms with Gasteiger partial charge in [0.05, 0.1) is 23.2 Å². The van der Waals surface area contributed by atoms with Gasteiger partial charge in [-0.1, -0.05) is 39.7 Å². The van der Waals surface area contributed by atoms with Gasteiger partial charge in [-0.25, -0.2) is 9.78 Å². The summed E-state index contributed by atoms with van der Waals surface area (Å²) in [5, 5.41) is 0.408. The van der Waals surface area contributed by atoms with Crippen LogP contribution in [-0.2, 0) is 4.74 Å². The molecule has 0 atom stereocenters. The maximum Gasteiger partial charge on any atom is 0.337 e. The van der Waals surface area contributed by atoms with Crippen molar-refractivity contribution in [3.8, 4) is 11.4 Å². The van der Waals surface area contributed by atoms with Crippen molar-refractivity contribution in [2.45, 2.75) is 0 Å². The van der Waals surface area contributed by atoms with Crippen LogP contribution >= 0.6 is 27.5 Å². The number of rotatable bonds is 2. The molecule has 0 spiro atoms. The maximum absolute atomic E-state index is 11.6. The van der Waals surface area contributed by atoms with Crippen LogP contribution in [0, 0.1) is 0 Å². The summed E-state index contributed by atoms with van der Waals surface area (Å²) in [5.41, 5.74) is 2.63. The molecule has 0 aliphatic heterocycles. The highest BCUT2D eigenvalue weighted by atomic mass is 79.9. The summed E-state index contributed by atoms with van der Waals surface area (Å²) in [6.07, 6.45) is 0. The molecule has 1 aromatic heterocycles. The first kappa shape index (κ1) is 14.1. The van der Waals surface area contributed by atoms with Crippen LogP contribution in [0.1, 0.15) is 10.4 Å². The maximum atomic E-state index is 11.6. The summed E-state index contributed by atoms with van der Waals surface area (Å²) in [6.45, 7) is 0. The molecule has 0 saturated carbocycles. The minimum absolute atomic E-state index is 0.388. The monoisotopic (exact) mass is 364 g/mol. The Morgan fingerprint density at radius 3 is 2.86 bits per heavy atom. The number of aromatic amines is 1. The fraction of sp³-hybridized carbons (Fsp3) is 0.0667. The number of H-pyrrole nitrogens is 1. The third-order valence-electron chi connectivity index (χ3n) is 3.06. The number of nitrogens with one attached hydrogen (secondary N) is 1. The van der Waals surface area contributed by atoms with Crippen LogP contribution in [0.5, 0.6) is 0 Å². The normalized spacial score (nSPS) is 10.8. The fourth-order valence-electron chi connectivity index (χ4n) is 2.08. The Morgan fingerprint density at radius 2 is 2.14 bits per heavy atom. The largest absolute Gasteiger partial charge is 0.465 e. The molecule has 106 valence electrons. The van der Waals surface area contributed by atoms with Gasteiger partial charge < -0.3 is 9.72 Å². The molecule has 0 radical (unpaired) electrons. The zero-order valence-corrected chi connectivity index (χ0v) is 13.3. The highest BCUT2D eigenvalue weighted by Crippen LogP contribution is 2.28. The second-order valence-electron chi connectivity index (χ2n) is 4.44. The minimum Gasteiger partial charge on any atom is -0.465 e. The second-order valence-corrected chi connectivity index (χ2v) is 5.76. The summed E-state index contributed by atoms with van der Waals surface area (Å²) in [6, 6.07) is 11.0. The van der Waals surface area contributed by atoms with Crippen molar-refractivity contribution in [2.75, 3.05) is 7.11 Å². The van der Waals surface area contributed by atoms with Crippen molar-refractivity contribution in [1.29, 1.82) is 0 Å². The molecule has 3 rings (SSSR count). The Morgan fingerprint density at radius 1 is 1.33 bits per heavy atom. The molecule has 1 N–H and O–H groups in total. The van der Waals surface area contributed by atoms with Crippen LogP contribution in [0.3, 0.4) is 0 Å². The first-order chi connectivity index (χ1) is 10.1. The van der Waals surface area contributed by atoms with Crippen LogP contribution in [-0.4, -0.2) is 23.0 Å². The molecular formula is C15H10BrClN2O2. The van der Waals surface area contributed by atoms with E-state index in [1.165, 1.54) is 7.11 Å². The summed E-state index contributed by atoms with van der Waals surface area (Å²) < 4.78 is 5.67. The van der Waals surface area contributed by atoms with Crippen molar-refractivity contribution in [2.24, 2.45) is 0 Å². The second kappa shape index (κ2) is 5.50. The molecule has 0 aliphatic carbocycles. The predicted octanol–water partition coefficient (Wildman–Crippen LogP) is 4.43. The van der Waals surface area contributed by atoms with Gasteiger partial charge in [-0.2, -0.15) is 0 Å². The number of halogens is 2. The fourth-order valence-corrected chi connectivity index (χ4v) is 2.74. The van der Waals surface area contributed by atoms with Gasteiger partial charge in [0.25, 0.3) is 0 Å². The number of methoxy groups -OCH3 is 1.